The zero-order chi connectivity index (χ0) is 13.9. The van der Waals surface area contributed by atoms with Gasteiger partial charge in [0.1, 0.15) is 0 Å². The van der Waals surface area contributed by atoms with E-state index in [0.29, 0.717) is 18.0 Å². The largest absolute Gasteiger partial charge is 0.377 e. The van der Waals surface area contributed by atoms with Crippen molar-refractivity contribution >= 4 is 26.0 Å². The highest BCUT2D eigenvalue weighted by molar-refractivity contribution is 9.10. The first-order valence-corrected chi connectivity index (χ1v) is 8.64. The van der Waals surface area contributed by atoms with Gasteiger partial charge in [0, 0.05) is 24.2 Å². The first-order valence-electron chi connectivity index (χ1n) is 6.41. The van der Waals surface area contributed by atoms with Gasteiger partial charge in [-0.25, -0.2) is 8.42 Å². The molecule has 106 valence electrons. The molecular weight excluding hydrogens is 330 g/mol. The molecule has 0 saturated carbocycles. The molecule has 1 aromatic carbocycles. The molecule has 1 atom stereocenters. The topological polar surface area (TPSA) is 46.6 Å². The first-order chi connectivity index (χ1) is 9.04. The van der Waals surface area contributed by atoms with Gasteiger partial charge in [-0.2, -0.15) is 4.31 Å². The molecular formula is C13H18BrNO3S. The van der Waals surface area contributed by atoms with Crippen molar-refractivity contribution in [2.45, 2.75) is 30.8 Å². The van der Waals surface area contributed by atoms with Gasteiger partial charge in [0.05, 0.1) is 11.0 Å². The van der Waals surface area contributed by atoms with Crippen molar-refractivity contribution in [3.05, 3.63) is 28.7 Å². The van der Waals surface area contributed by atoms with E-state index in [0.717, 1.165) is 23.9 Å². The quantitative estimate of drug-likeness (QED) is 0.822. The molecule has 0 radical (unpaired) electrons. The van der Waals surface area contributed by atoms with Gasteiger partial charge in [-0.1, -0.05) is 28.9 Å². The van der Waals surface area contributed by atoms with Crippen LogP contribution in [0.5, 0.6) is 0 Å². The molecule has 0 aliphatic carbocycles. The van der Waals surface area contributed by atoms with E-state index in [4.69, 9.17) is 4.74 Å². The third-order valence-corrected chi connectivity index (χ3v) is 5.65. The number of rotatable bonds is 5. The SMILES string of the molecule is CCN(CC1CCCO1)S(=O)(=O)c1cccc(Br)c1. The normalized spacial score (nSPS) is 20.1. The van der Waals surface area contributed by atoms with Crippen LogP contribution in [0.1, 0.15) is 19.8 Å². The summed E-state index contributed by atoms with van der Waals surface area (Å²) in [6, 6.07) is 6.80. The van der Waals surface area contributed by atoms with Crippen LogP contribution in [0.3, 0.4) is 0 Å². The van der Waals surface area contributed by atoms with E-state index < -0.39 is 10.0 Å². The lowest BCUT2D eigenvalue weighted by atomic mass is 10.2. The van der Waals surface area contributed by atoms with Crippen LogP contribution >= 0.6 is 15.9 Å². The van der Waals surface area contributed by atoms with Crippen molar-refractivity contribution in [2.75, 3.05) is 19.7 Å². The van der Waals surface area contributed by atoms with Crippen LogP contribution in [0.15, 0.2) is 33.6 Å². The molecule has 1 unspecified atom stereocenters. The van der Waals surface area contributed by atoms with E-state index in [1.54, 1.807) is 18.2 Å². The van der Waals surface area contributed by atoms with Gasteiger partial charge in [0.2, 0.25) is 10.0 Å². The average molecular weight is 348 g/mol. The highest BCUT2D eigenvalue weighted by Gasteiger charge is 2.27. The molecule has 0 aromatic heterocycles. The van der Waals surface area contributed by atoms with Crippen molar-refractivity contribution in [1.29, 1.82) is 0 Å². The molecule has 0 spiro atoms. The maximum Gasteiger partial charge on any atom is 0.243 e. The summed E-state index contributed by atoms with van der Waals surface area (Å²) in [5, 5.41) is 0. The van der Waals surface area contributed by atoms with Crippen LogP contribution in [0.25, 0.3) is 0 Å². The van der Waals surface area contributed by atoms with Crippen molar-refractivity contribution in [3.8, 4) is 0 Å². The fourth-order valence-corrected chi connectivity index (χ4v) is 4.27. The zero-order valence-electron chi connectivity index (χ0n) is 10.9. The fraction of sp³-hybridized carbons (Fsp3) is 0.538. The molecule has 1 heterocycles. The Hall–Kier alpha value is -0.430. The number of halogens is 1. The Kier molecular flexibility index (Phi) is 5.00. The number of hydrogen-bond acceptors (Lipinski definition) is 3. The second-order valence-corrected chi connectivity index (χ2v) is 7.40. The van der Waals surface area contributed by atoms with Gasteiger partial charge < -0.3 is 4.74 Å². The van der Waals surface area contributed by atoms with Gasteiger partial charge in [-0.05, 0) is 31.0 Å². The standard InChI is InChI=1S/C13H18BrNO3S/c1-2-15(10-12-6-4-8-18-12)19(16,17)13-7-3-5-11(14)9-13/h3,5,7,9,12H,2,4,6,8,10H2,1H3. The molecule has 0 amide bonds. The summed E-state index contributed by atoms with van der Waals surface area (Å²) in [6.07, 6.45) is 1.98. The predicted octanol–water partition coefficient (Wildman–Crippen LogP) is 2.64. The molecule has 1 aliphatic rings. The minimum Gasteiger partial charge on any atom is -0.377 e. The second-order valence-electron chi connectivity index (χ2n) is 4.55. The molecule has 1 fully saturated rings. The van der Waals surface area contributed by atoms with Crippen molar-refractivity contribution in [2.24, 2.45) is 0 Å². The van der Waals surface area contributed by atoms with Crippen molar-refractivity contribution in [3.63, 3.8) is 0 Å². The third-order valence-electron chi connectivity index (χ3n) is 3.22. The Labute approximate surface area is 122 Å². The maximum absolute atomic E-state index is 12.6. The number of likely N-dealkylation sites (N-methyl/N-ethyl adjacent to an activating group) is 1. The smallest absolute Gasteiger partial charge is 0.243 e. The maximum atomic E-state index is 12.6. The third kappa shape index (κ3) is 3.56. The molecule has 0 N–H and O–H groups in total. The summed E-state index contributed by atoms with van der Waals surface area (Å²) in [4.78, 5) is 0.321. The summed E-state index contributed by atoms with van der Waals surface area (Å²) in [5.74, 6) is 0. The average Bonchev–Trinajstić information content (AvgIpc) is 2.88. The first kappa shape index (κ1) is 15.0. The summed E-state index contributed by atoms with van der Waals surface area (Å²) >= 11 is 3.31. The molecule has 1 saturated heterocycles. The molecule has 1 aliphatic heterocycles. The number of hydrogen-bond donors (Lipinski definition) is 0. The molecule has 0 bridgehead atoms. The van der Waals surface area contributed by atoms with Crippen LogP contribution in [0.4, 0.5) is 0 Å². The van der Waals surface area contributed by atoms with E-state index in [1.807, 2.05) is 13.0 Å². The highest BCUT2D eigenvalue weighted by Crippen LogP contribution is 2.22. The lowest BCUT2D eigenvalue weighted by molar-refractivity contribution is 0.0947. The van der Waals surface area contributed by atoms with E-state index in [2.05, 4.69) is 15.9 Å². The van der Waals surface area contributed by atoms with E-state index in [1.165, 1.54) is 4.31 Å². The van der Waals surface area contributed by atoms with Crippen LogP contribution in [-0.4, -0.2) is 38.5 Å². The number of ether oxygens (including phenoxy) is 1. The van der Waals surface area contributed by atoms with Crippen LogP contribution in [0, 0.1) is 0 Å². The minimum atomic E-state index is -3.44. The lowest BCUT2D eigenvalue weighted by Gasteiger charge is -2.23. The zero-order valence-corrected chi connectivity index (χ0v) is 13.3. The monoisotopic (exact) mass is 347 g/mol. The van der Waals surface area contributed by atoms with Gasteiger partial charge in [0.15, 0.2) is 0 Å². The fourth-order valence-electron chi connectivity index (χ4n) is 2.19. The Morgan fingerprint density at radius 1 is 1.47 bits per heavy atom. The number of nitrogens with zero attached hydrogens (tertiary/aromatic N) is 1. The van der Waals surface area contributed by atoms with Crippen LogP contribution in [-0.2, 0) is 14.8 Å². The highest BCUT2D eigenvalue weighted by atomic mass is 79.9. The van der Waals surface area contributed by atoms with Crippen LogP contribution in [0.2, 0.25) is 0 Å². The van der Waals surface area contributed by atoms with E-state index in [9.17, 15) is 8.42 Å². The van der Waals surface area contributed by atoms with Crippen molar-refractivity contribution in [1.82, 2.24) is 4.31 Å². The molecule has 2 rings (SSSR count). The molecule has 1 aromatic rings. The molecule has 6 heteroatoms. The lowest BCUT2D eigenvalue weighted by Crippen LogP contribution is -2.37. The summed E-state index contributed by atoms with van der Waals surface area (Å²) in [5.41, 5.74) is 0. The Bertz CT molecular complexity index is 526. The Morgan fingerprint density at radius 3 is 2.84 bits per heavy atom. The van der Waals surface area contributed by atoms with Gasteiger partial charge in [-0.3, -0.25) is 0 Å². The van der Waals surface area contributed by atoms with Gasteiger partial charge in [-0.15, -0.1) is 0 Å². The van der Waals surface area contributed by atoms with E-state index in [-0.39, 0.29) is 6.10 Å². The van der Waals surface area contributed by atoms with Crippen LogP contribution < -0.4 is 0 Å². The van der Waals surface area contributed by atoms with Crippen molar-refractivity contribution < 1.29 is 13.2 Å². The van der Waals surface area contributed by atoms with Gasteiger partial charge >= 0.3 is 0 Å². The second kappa shape index (κ2) is 6.35. The van der Waals surface area contributed by atoms with E-state index >= 15 is 0 Å². The predicted molar refractivity (Wildman–Crippen MR) is 77.5 cm³/mol. The molecule has 19 heavy (non-hydrogen) atoms. The van der Waals surface area contributed by atoms with Gasteiger partial charge in [0.25, 0.3) is 0 Å². The number of sulfonamides is 1. The Morgan fingerprint density at radius 2 is 2.26 bits per heavy atom. The Balaban J connectivity index is 2.20. The molecule has 4 nitrogen and oxygen atoms in total. The number of benzene rings is 1. The summed E-state index contributed by atoms with van der Waals surface area (Å²) in [6.45, 7) is 3.48. The summed E-state index contributed by atoms with van der Waals surface area (Å²) in [7, 11) is -3.44. The minimum absolute atomic E-state index is 0.0295. The summed E-state index contributed by atoms with van der Waals surface area (Å²) < 4.78 is 32.9.